The maximum Gasteiger partial charge on any atom is 0.325 e. The van der Waals surface area contributed by atoms with Gasteiger partial charge < -0.3 is 19.5 Å². The first-order valence-electron chi connectivity index (χ1n) is 8.13. The minimum atomic E-state index is -0.439. The Kier molecular flexibility index (Phi) is 6.23. The Morgan fingerprint density at radius 1 is 1.00 bits per heavy atom. The molecule has 0 saturated heterocycles. The Labute approximate surface area is 171 Å². The zero-order valence-electron chi connectivity index (χ0n) is 15.4. The van der Waals surface area contributed by atoms with Crippen molar-refractivity contribution in [2.24, 2.45) is 0 Å². The van der Waals surface area contributed by atoms with Crippen molar-refractivity contribution in [2.75, 3.05) is 32.0 Å². The van der Waals surface area contributed by atoms with Crippen molar-refractivity contribution in [3.63, 3.8) is 0 Å². The van der Waals surface area contributed by atoms with Gasteiger partial charge in [-0.1, -0.05) is 23.7 Å². The molecule has 1 aromatic heterocycles. The van der Waals surface area contributed by atoms with Gasteiger partial charge in [0.2, 0.25) is 5.75 Å². The summed E-state index contributed by atoms with van der Waals surface area (Å²) in [5.74, 6) is 1.33. The number of carbonyl (C=O) groups is 1. The molecule has 0 aliphatic heterocycles. The van der Waals surface area contributed by atoms with Gasteiger partial charge in [-0.2, -0.15) is 0 Å². The molecule has 146 valence electrons. The number of anilines is 2. The number of methoxy groups -OCH3 is 3. The van der Waals surface area contributed by atoms with Gasteiger partial charge in [0, 0.05) is 28.1 Å². The smallest absolute Gasteiger partial charge is 0.325 e. The van der Waals surface area contributed by atoms with Crippen LogP contribution in [0.2, 0.25) is 5.02 Å². The highest BCUT2D eigenvalue weighted by atomic mass is 35.5. The number of urea groups is 1. The third-order valence-electron chi connectivity index (χ3n) is 3.79. The summed E-state index contributed by atoms with van der Waals surface area (Å²) >= 11 is 7.23. The molecule has 0 fully saturated rings. The van der Waals surface area contributed by atoms with Crippen molar-refractivity contribution in [2.45, 2.75) is 0 Å². The Balaban J connectivity index is 1.72. The SMILES string of the molecule is COc1cc(NC(=O)Nc2nc(-c3ccc(Cl)cc3)cs2)cc(OC)c1OC. The fourth-order valence-corrected chi connectivity index (χ4v) is 3.34. The molecule has 0 bridgehead atoms. The molecule has 0 atom stereocenters. The molecule has 28 heavy (non-hydrogen) atoms. The van der Waals surface area contributed by atoms with Gasteiger partial charge in [0.25, 0.3) is 0 Å². The van der Waals surface area contributed by atoms with E-state index in [1.807, 2.05) is 17.5 Å². The predicted octanol–water partition coefficient (Wildman–Crippen LogP) is 5.13. The van der Waals surface area contributed by atoms with Crippen LogP contribution in [0.4, 0.5) is 15.6 Å². The van der Waals surface area contributed by atoms with Gasteiger partial charge in [0.05, 0.1) is 32.7 Å². The number of halogens is 1. The lowest BCUT2D eigenvalue weighted by atomic mass is 10.2. The minimum absolute atomic E-state index is 0.439. The fourth-order valence-electron chi connectivity index (χ4n) is 2.50. The standard InChI is InChI=1S/C19H18ClN3O4S/c1-25-15-8-13(9-16(26-2)17(15)27-3)21-18(24)23-19-22-14(10-28-19)11-4-6-12(20)7-5-11/h4-10H,1-3H3,(H2,21,22,23,24). The van der Waals surface area contributed by atoms with Gasteiger partial charge >= 0.3 is 6.03 Å². The van der Waals surface area contributed by atoms with E-state index in [-0.39, 0.29) is 0 Å². The van der Waals surface area contributed by atoms with Crippen LogP contribution >= 0.6 is 22.9 Å². The average Bonchev–Trinajstić information content (AvgIpc) is 3.15. The molecule has 3 aromatic rings. The molecule has 0 aliphatic rings. The van der Waals surface area contributed by atoms with E-state index in [2.05, 4.69) is 15.6 Å². The number of rotatable bonds is 6. The number of hydrogen-bond acceptors (Lipinski definition) is 6. The second-order valence-electron chi connectivity index (χ2n) is 5.54. The minimum Gasteiger partial charge on any atom is -0.493 e. The van der Waals surface area contributed by atoms with E-state index in [0.717, 1.165) is 11.3 Å². The quantitative estimate of drug-likeness (QED) is 0.578. The van der Waals surface area contributed by atoms with E-state index >= 15 is 0 Å². The van der Waals surface area contributed by atoms with Gasteiger partial charge in [-0.3, -0.25) is 5.32 Å². The largest absolute Gasteiger partial charge is 0.493 e. The summed E-state index contributed by atoms with van der Waals surface area (Å²) in [6.45, 7) is 0. The number of carbonyl (C=O) groups excluding carboxylic acids is 1. The molecule has 9 heteroatoms. The third kappa shape index (κ3) is 4.47. The molecule has 0 spiro atoms. The average molecular weight is 420 g/mol. The summed E-state index contributed by atoms with van der Waals surface area (Å²) in [5, 5.41) is 8.43. The van der Waals surface area contributed by atoms with Gasteiger partial charge in [0.1, 0.15) is 0 Å². The summed E-state index contributed by atoms with van der Waals surface area (Å²) in [4.78, 5) is 16.8. The van der Waals surface area contributed by atoms with Crippen molar-refractivity contribution in [1.82, 2.24) is 4.98 Å². The van der Waals surface area contributed by atoms with Crippen molar-refractivity contribution in [3.8, 4) is 28.5 Å². The van der Waals surface area contributed by atoms with Crippen LogP contribution < -0.4 is 24.8 Å². The summed E-state index contributed by atoms with van der Waals surface area (Å²) in [6, 6.07) is 10.2. The van der Waals surface area contributed by atoms with E-state index in [0.29, 0.717) is 33.1 Å². The maximum absolute atomic E-state index is 12.3. The lowest BCUT2D eigenvalue weighted by Gasteiger charge is -2.14. The van der Waals surface area contributed by atoms with Crippen LogP contribution in [0.5, 0.6) is 17.2 Å². The lowest BCUT2D eigenvalue weighted by molar-refractivity contribution is 0.262. The Bertz CT molecular complexity index is 951. The third-order valence-corrected chi connectivity index (χ3v) is 4.80. The Morgan fingerprint density at radius 3 is 2.21 bits per heavy atom. The second kappa shape index (κ2) is 8.81. The van der Waals surface area contributed by atoms with Crippen LogP contribution in [0, 0.1) is 0 Å². The van der Waals surface area contributed by atoms with E-state index < -0.39 is 6.03 Å². The fraction of sp³-hybridized carbons (Fsp3) is 0.158. The molecular formula is C19H18ClN3O4S. The van der Waals surface area contributed by atoms with Gasteiger partial charge in [0.15, 0.2) is 16.6 Å². The van der Waals surface area contributed by atoms with Gasteiger partial charge in [-0.25, -0.2) is 9.78 Å². The first kappa shape index (κ1) is 19.8. The summed E-state index contributed by atoms with van der Waals surface area (Å²) in [7, 11) is 4.53. The first-order valence-corrected chi connectivity index (χ1v) is 9.39. The predicted molar refractivity (Wildman–Crippen MR) is 111 cm³/mol. The van der Waals surface area contributed by atoms with Gasteiger partial charge in [-0.05, 0) is 12.1 Å². The van der Waals surface area contributed by atoms with E-state index in [1.54, 1.807) is 24.3 Å². The van der Waals surface area contributed by atoms with Crippen LogP contribution in [0.25, 0.3) is 11.3 Å². The molecule has 0 radical (unpaired) electrons. The number of aromatic nitrogens is 1. The highest BCUT2D eigenvalue weighted by Crippen LogP contribution is 2.40. The topological polar surface area (TPSA) is 81.7 Å². The molecule has 0 saturated carbocycles. The monoisotopic (exact) mass is 419 g/mol. The molecule has 3 rings (SSSR count). The zero-order chi connectivity index (χ0) is 20.1. The second-order valence-corrected chi connectivity index (χ2v) is 6.83. The maximum atomic E-state index is 12.3. The molecule has 7 nitrogen and oxygen atoms in total. The molecule has 2 aromatic carbocycles. The van der Waals surface area contributed by atoms with Crippen LogP contribution in [-0.4, -0.2) is 32.3 Å². The van der Waals surface area contributed by atoms with Gasteiger partial charge in [-0.15, -0.1) is 11.3 Å². The van der Waals surface area contributed by atoms with Crippen molar-refractivity contribution >= 4 is 39.8 Å². The number of hydrogen-bond donors (Lipinski definition) is 2. The van der Waals surface area contributed by atoms with Crippen LogP contribution in [0.3, 0.4) is 0 Å². The molecule has 1 heterocycles. The number of ether oxygens (including phenoxy) is 3. The van der Waals surface area contributed by atoms with Crippen LogP contribution in [0.1, 0.15) is 0 Å². The highest BCUT2D eigenvalue weighted by molar-refractivity contribution is 7.14. The molecule has 0 unspecified atom stereocenters. The molecule has 2 amide bonds. The molecule has 0 aliphatic carbocycles. The molecular weight excluding hydrogens is 402 g/mol. The zero-order valence-corrected chi connectivity index (χ0v) is 17.0. The van der Waals surface area contributed by atoms with Crippen LogP contribution in [-0.2, 0) is 0 Å². The highest BCUT2D eigenvalue weighted by Gasteiger charge is 2.15. The summed E-state index contributed by atoms with van der Waals surface area (Å²) < 4.78 is 15.8. The number of benzene rings is 2. The number of nitrogens with zero attached hydrogens (tertiary/aromatic N) is 1. The van der Waals surface area contributed by atoms with E-state index in [9.17, 15) is 4.79 Å². The van der Waals surface area contributed by atoms with Crippen molar-refractivity contribution in [3.05, 3.63) is 46.8 Å². The van der Waals surface area contributed by atoms with Crippen LogP contribution in [0.15, 0.2) is 41.8 Å². The number of thiazole rings is 1. The van der Waals surface area contributed by atoms with E-state index in [4.69, 9.17) is 25.8 Å². The Morgan fingerprint density at radius 2 is 1.64 bits per heavy atom. The van der Waals surface area contributed by atoms with Crippen molar-refractivity contribution < 1.29 is 19.0 Å². The van der Waals surface area contributed by atoms with Crippen molar-refractivity contribution in [1.29, 1.82) is 0 Å². The normalized spacial score (nSPS) is 10.3. The first-order chi connectivity index (χ1) is 13.5. The Hall–Kier alpha value is -2.97. The lowest BCUT2D eigenvalue weighted by Crippen LogP contribution is -2.19. The van der Waals surface area contributed by atoms with E-state index in [1.165, 1.54) is 32.7 Å². The molecule has 2 N–H and O–H groups in total. The summed E-state index contributed by atoms with van der Waals surface area (Å²) in [5.41, 5.74) is 2.16. The number of nitrogens with one attached hydrogen (secondary N) is 2. The summed E-state index contributed by atoms with van der Waals surface area (Å²) in [6.07, 6.45) is 0. The number of amides is 2.